The van der Waals surface area contributed by atoms with Gasteiger partial charge in [0.1, 0.15) is 0 Å². The van der Waals surface area contributed by atoms with Crippen LogP contribution in [-0.4, -0.2) is 68.0 Å². The minimum Gasteiger partial charge on any atom is -0.379 e. The van der Waals surface area contributed by atoms with E-state index < -0.39 is 15.9 Å². The van der Waals surface area contributed by atoms with Crippen LogP contribution in [0.1, 0.15) is 29.9 Å². The maximum atomic E-state index is 12.7. The summed E-state index contributed by atoms with van der Waals surface area (Å²) in [6.45, 7) is 7.05. The van der Waals surface area contributed by atoms with Crippen molar-refractivity contribution in [2.45, 2.75) is 25.3 Å². The van der Waals surface area contributed by atoms with Crippen LogP contribution in [0.3, 0.4) is 0 Å². The quantitative estimate of drug-likeness (QED) is 0.632. The Morgan fingerprint density at radius 1 is 1.19 bits per heavy atom. The van der Waals surface area contributed by atoms with Gasteiger partial charge in [0.2, 0.25) is 16.0 Å². The van der Waals surface area contributed by atoms with Crippen molar-refractivity contribution in [3.05, 3.63) is 46.7 Å². The third kappa shape index (κ3) is 5.51. The third-order valence-electron chi connectivity index (χ3n) is 4.98. The molecule has 1 N–H and O–H groups in total. The fourth-order valence-electron chi connectivity index (χ4n) is 3.16. The number of nitrogens with zero attached hydrogens (tertiary/aromatic N) is 4. The molecule has 1 aliphatic rings. The lowest BCUT2D eigenvalue weighted by molar-refractivity contribution is 0.0730. The van der Waals surface area contributed by atoms with Gasteiger partial charge in [0, 0.05) is 32.7 Å². The number of nitrogens with one attached hydrogen (secondary N) is 1. The van der Waals surface area contributed by atoms with Crippen LogP contribution in [0.25, 0.3) is 0 Å². The molecule has 1 fully saturated rings. The summed E-state index contributed by atoms with van der Waals surface area (Å²) >= 11 is 6.12. The van der Waals surface area contributed by atoms with Gasteiger partial charge in [0.25, 0.3) is 5.91 Å². The molecule has 11 heteroatoms. The van der Waals surface area contributed by atoms with Gasteiger partial charge in [-0.05, 0) is 31.5 Å². The Bertz CT molecular complexity index is 1010. The highest BCUT2D eigenvalue weighted by atomic mass is 35.5. The molecule has 9 nitrogen and oxygen atoms in total. The molecule has 0 bridgehead atoms. The normalized spacial score (nSPS) is 14.9. The van der Waals surface area contributed by atoms with E-state index in [0.717, 1.165) is 5.56 Å². The standard InChI is InChI=1S/C20H26ClN5O4S/c1-3-25(4-2)20-23-14-17(21)18(24-20)19(27)22-13-15-5-7-16(8-6-15)31(28,29)26-9-11-30-12-10-26/h5-8,14H,3-4,9-13H2,1-2H3,(H,22,27). The highest BCUT2D eigenvalue weighted by molar-refractivity contribution is 7.89. The fraction of sp³-hybridized carbons (Fsp3) is 0.450. The molecule has 3 rings (SSSR count). The summed E-state index contributed by atoms with van der Waals surface area (Å²) in [5.41, 5.74) is 0.855. The lowest BCUT2D eigenvalue weighted by Crippen LogP contribution is -2.40. The minimum atomic E-state index is -3.55. The van der Waals surface area contributed by atoms with Crippen LogP contribution < -0.4 is 10.2 Å². The lowest BCUT2D eigenvalue weighted by atomic mass is 10.2. The summed E-state index contributed by atoms with van der Waals surface area (Å²) < 4.78 is 32.0. The number of rotatable bonds is 8. The molecule has 2 heterocycles. The summed E-state index contributed by atoms with van der Waals surface area (Å²) in [5.74, 6) is 0.0167. The summed E-state index contributed by atoms with van der Waals surface area (Å²) in [6.07, 6.45) is 1.42. The monoisotopic (exact) mass is 467 g/mol. The van der Waals surface area contributed by atoms with Crippen molar-refractivity contribution in [1.82, 2.24) is 19.6 Å². The predicted octanol–water partition coefficient (Wildman–Crippen LogP) is 1.93. The van der Waals surface area contributed by atoms with E-state index in [4.69, 9.17) is 16.3 Å². The largest absolute Gasteiger partial charge is 0.379 e. The molecule has 0 atom stereocenters. The van der Waals surface area contributed by atoms with E-state index in [-0.39, 0.29) is 22.2 Å². The second kappa shape index (κ2) is 10.4. The molecule has 1 aliphatic heterocycles. The van der Waals surface area contributed by atoms with E-state index >= 15 is 0 Å². The summed E-state index contributed by atoms with van der Waals surface area (Å²) in [7, 11) is -3.55. The number of hydrogen-bond donors (Lipinski definition) is 1. The van der Waals surface area contributed by atoms with E-state index in [1.165, 1.54) is 10.5 Å². The predicted molar refractivity (Wildman–Crippen MR) is 118 cm³/mol. The van der Waals surface area contributed by atoms with Crippen LogP contribution in [0.15, 0.2) is 35.4 Å². The van der Waals surface area contributed by atoms with Crippen LogP contribution in [0.5, 0.6) is 0 Å². The molecule has 31 heavy (non-hydrogen) atoms. The van der Waals surface area contributed by atoms with Gasteiger partial charge in [-0.3, -0.25) is 4.79 Å². The molecule has 0 radical (unpaired) electrons. The number of amides is 1. The smallest absolute Gasteiger partial charge is 0.271 e. The Balaban J connectivity index is 1.66. The van der Waals surface area contributed by atoms with Crippen molar-refractivity contribution >= 4 is 33.5 Å². The molecule has 1 aromatic carbocycles. The molecule has 1 aromatic heterocycles. The van der Waals surface area contributed by atoms with Gasteiger partial charge in [-0.1, -0.05) is 23.7 Å². The topological polar surface area (TPSA) is 105 Å². The highest BCUT2D eigenvalue weighted by Crippen LogP contribution is 2.19. The van der Waals surface area contributed by atoms with Gasteiger partial charge in [0.05, 0.1) is 29.3 Å². The molecular weight excluding hydrogens is 442 g/mol. The molecule has 168 valence electrons. The number of hydrogen-bond acceptors (Lipinski definition) is 7. The van der Waals surface area contributed by atoms with Gasteiger partial charge >= 0.3 is 0 Å². The maximum Gasteiger partial charge on any atom is 0.271 e. The molecule has 1 saturated heterocycles. The Morgan fingerprint density at radius 3 is 2.45 bits per heavy atom. The average molecular weight is 468 g/mol. The molecule has 2 aromatic rings. The first kappa shape index (κ1) is 23.4. The van der Waals surface area contributed by atoms with Crippen LogP contribution in [0.4, 0.5) is 5.95 Å². The zero-order chi connectivity index (χ0) is 22.4. The number of carbonyl (C=O) groups is 1. The Kier molecular flexibility index (Phi) is 7.82. The van der Waals surface area contributed by atoms with E-state index in [9.17, 15) is 13.2 Å². The molecule has 0 spiro atoms. The van der Waals surface area contributed by atoms with Crippen LogP contribution in [0.2, 0.25) is 5.02 Å². The van der Waals surface area contributed by atoms with Crippen LogP contribution in [0, 0.1) is 0 Å². The first-order valence-corrected chi connectivity index (χ1v) is 11.9. The minimum absolute atomic E-state index is 0.102. The number of ether oxygens (including phenoxy) is 1. The summed E-state index contributed by atoms with van der Waals surface area (Å²) in [6, 6.07) is 6.44. The lowest BCUT2D eigenvalue weighted by Gasteiger charge is -2.26. The van der Waals surface area contributed by atoms with Gasteiger partial charge in [-0.15, -0.1) is 0 Å². The van der Waals surface area contributed by atoms with Crippen molar-refractivity contribution in [2.75, 3.05) is 44.3 Å². The van der Waals surface area contributed by atoms with Crippen molar-refractivity contribution in [1.29, 1.82) is 0 Å². The van der Waals surface area contributed by atoms with Gasteiger partial charge in [-0.25, -0.2) is 18.4 Å². The van der Waals surface area contributed by atoms with Crippen molar-refractivity contribution in [3.63, 3.8) is 0 Å². The van der Waals surface area contributed by atoms with E-state index in [0.29, 0.717) is 45.3 Å². The summed E-state index contributed by atoms with van der Waals surface area (Å²) in [4.78, 5) is 23.2. The fourth-order valence-corrected chi connectivity index (χ4v) is 4.74. The number of anilines is 1. The van der Waals surface area contributed by atoms with Gasteiger partial charge in [0.15, 0.2) is 5.69 Å². The SMILES string of the molecule is CCN(CC)c1ncc(Cl)c(C(=O)NCc2ccc(S(=O)(=O)N3CCOCC3)cc2)n1. The third-order valence-corrected chi connectivity index (χ3v) is 7.17. The van der Waals surface area contributed by atoms with E-state index in [1.807, 2.05) is 18.7 Å². The number of sulfonamides is 1. The second-order valence-corrected chi connectivity index (χ2v) is 9.23. The first-order chi connectivity index (χ1) is 14.9. The molecule has 0 unspecified atom stereocenters. The zero-order valence-corrected chi connectivity index (χ0v) is 19.1. The maximum absolute atomic E-state index is 12.7. The van der Waals surface area contributed by atoms with Crippen molar-refractivity contribution in [3.8, 4) is 0 Å². The first-order valence-electron chi connectivity index (χ1n) is 10.1. The van der Waals surface area contributed by atoms with Gasteiger partial charge < -0.3 is 15.0 Å². The second-order valence-electron chi connectivity index (χ2n) is 6.88. The zero-order valence-electron chi connectivity index (χ0n) is 17.5. The van der Waals surface area contributed by atoms with Crippen molar-refractivity contribution in [2.24, 2.45) is 0 Å². The van der Waals surface area contributed by atoms with E-state index in [1.54, 1.807) is 24.3 Å². The van der Waals surface area contributed by atoms with E-state index in [2.05, 4.69) is 15.3 Å². The molecule has 1 amide bonds. The average Bonchev–Trinajstić information content (AvgIpc) is 2.80. The molecule has 0 aliphatic carbocycles. The van der Waals surface area contributed by atoms with Crippen LogP contribution >= 0.6 is 11.6 Å². The van der Waals surface area contributed by atoms with Crippen molar-refractivity contribution < 1.29 is 17.9 Å². The molecule has 0 saturated carbocycles. The Labute approximate surface area is 187 Å². The molecular formula is C20H26ClN5O4S. The Hall–Kier alpha value is -2.27. The number of carbonyl (C=O) groups excluding carboxylic acids is 1. The number of morpholine rings is 1. The Morgan fingerprint density at radius 2 is 1.84 bits per heavy atom. The van der Waals surface area contributed by atoms with Crippen LogP contribution in [-0.2, 0) is 21.3 Å². The summed E-state index contributed by atoms with van der Waals surface area (Å²) in [5, 5.41) is 2.94. The van der Waals surface area contributed by atoms with Gasteiger partial charge in [-0.2, -0.15) is 4.31 Å². The number of benzene rings is 1. The number of aromatic nitrogens is 2. The number of halogens is 1. The highest BCUT2D eigenvalue weighted by Gasteiger charge is 2.26.